The van der Waals surface area contributed by atoms with Crippen LogP contribution in [0, 0.1) is 19.8 Å². The summed E-state index contributed by atoms with van der Waals surface area (Å²) < 4.78 is 0. The fourth-order valence-corrected chi connectivity index (χ4v) is 3.98. The summed E-state index contributed by atoms with van der Waals surface area (Å²) in [5, 5.41) is 7.62. The van der Waals surface area contributed by atoms with E-state index in [9.17, 15) is 0 Å². The number of hydrogen-bond donors (Lipinski definition) is 2. The van der Waals surface area contributed by atoms with Crippen molar-refractivity contribution in [2.45, 2.75) is 64.5 Å². The summed E-state index contributed by atoms with van der Waals surface area (Å²) in [5.74, 6) is 0.815. The van der Waals surface area contributed by atoms with E-state index in [1.807, 2.05) is 0 Å². The molecule has 3 unspecified atom stereocenters. The van der Waals surface area contributed by atoms with Crippen LogP contribution in [0.1, 0.15) is 49.7 Å². The third kappa shape index (κ3) is 3.01. The lowest BCUT2D eigenvalue weighted by molar-refractivity contribution is 0.286. The summed E-state index contributed by atoms with van der Waals surface area (Å²) >= 11 is 0. The van der Waals surface area contributed by atoms with Crippen molar-refractivity contribution < 1.29 is 0 Å². The Morgan fingerprint density at radius 2 is 1.95 bits per heavy atom. The van der Waals surface area contributed by atoms with Gasteiger partial charge in [0, 0.05) is 17.8 Å². The van der Waals surface area contributed by atoms with Crippen molar-refractivity contribution in [1.82, 2.24) is 5.32 Å². The van der Waals surface area contributed by atoms with Crippen LogP contribution in [0.15, 0.2) is 18.2 Å². The summed E-state index contributed by atoms with van der Waals surface area (Å²) in [5.41, 5.74) is 4.07. The number of aryl methyl sites for hydroxylation is 2. The zero-order chi connectivity index (χ0) is 13.9. The molecule has 0 amide bonds. The van der Waals surface area contributed by atoms with E-state index in [2.05, 4.69) is 42.7 Å². The second-order valence-corrected chi connectivity index (χ2v) is 6.72. The van der Waals surface area contributed by atoms with Gasteiger partial charge in [-0.1, -0.05) is 25.0 Å². The SMILES string of the molecule is Cc1ccc(C)c(NC2CCCC2C2CCCCN2)c1. The molecule has 110 valence electrons. The lowest BCUT2D eigenvalue weighted by atomic mass is 9.88. The topological polar surface area (TPSA) is 24.1 Å². The van der Waals surface area contributed by atoms with Crippen LogP contribution < -0.4 is 10.6 Å². The summed E-state index contributed by atoms with van der Waals surface area (Å²) in [6, 6.07) is 8.15. The molecule has 1 heterocycles. The molecule has 3 rings (SSSR count). The van der Waals surface area contributed by atoms with Gasteiger partial charge in [0.1, 0.15) is 0 Å². The first-order chi connectivity index (χ1) is 9.74. The van der Waals surface area contributed by atoms with Gasteiger partial charge in [0.15, 0.2) is 0 Å². The maximum Gasteiger partial charge on any atom is 0.0374 e. The van der Waals surface area contributed by atoms with Gasteiger partial charge in [0.05, 0.1) is 0 Å². The Morgan fingerprint density at radius 1 is 1.05 bits per heavy atom. The summed E-state index contributed by atoms with van der Waals surface area (Å²) in [6.45, 7) is 5.61. The normalized spacial score (nSPS) is 30.4. The Labute approximate surface area is 123 Å². The number of benzene rings is 1. The van der Waals surface area contributed by atoms with E-state index in [1.54, 1.807) is 0 Å². The van der Waals surface area contributed by atoms with Crippen LogP contribution in [-0.4, -0.2) is 18.6 Å². The molecule has 0 bridgehead atoms. The molecule has 1 aliphatic carbocycles. The lowest BCUT2D eigenvalue weighted by Crippen LogP contribution is -2.44. The van der Waals surface area contributed by atoms with Gasteiger partial charge in [0.25, 0.3) is 0 Å². The Morgan fingerprint density at radius 3 is 2.75 bits per heavy atom. The van der Waals surface area contributed by atoms with Gasteiger partial charge in [0.2, 0.25) is 0 Å². The highest BCUT2D eigenvalue weighted by Crippen LogP contribution is 2.34. The molecular weight excluding hydrogens is 244 g/mol. The zero-order valence-electron chi connectivity index (χ0n) is 12.9. The Kier molecular flexibility index (Phi) is 4.30. The molecule has 1 saturated carbocycles. The predicted octanol–water partition coefficient (Wildman–Crippen LogP) is 4.03. The first-order valence-electron chi connectivity index (χ1n) is 8.31. The summed E-state index contributed by atoms with van der Waals surface area (Å²) in [7, 11) is 0. The van der Waals surface area contributed by atoms with Crippen molar-refractivity contribution >= 4 is 5.69 Å². The largest absolute Gasteiger partial charge is 0.382 e. The maximum absolute atomic E-state index is 3.86. The molecule has 0 radical (unpaired) electrons. The van der Waals surface area contributed by atoms with Crippen molar-refractivity contribution in [3.63, 3.8) is 0 Å². The zero-order valence-corrected chi connectivity index (χ0v) is 12.9. The second kappa shape index (κ2) is 6.17. The third-order valence-electron chi connectivity index (χ3n) is 5.17. The smallest absolute Gasteiger partial charge is 0.0374 e. The second-order valence-electron chi connectivity index (χ2n) is 6.72. The maximum atomic E-state index is 3.86. The van der Waals surface area contributed by atoms with Gasteiger partial charge in [-0.25, -0.2) is 0 Å². The molecule has 2 N–H and O–H groups in total. The van der Waals surface area contributed by atoms with Crippen molar-refractivity contribution in [3.8, 4) is 0 Å². The summed E-state index contributed by atoms with van der Waals surface area (Å²) in [6.07, 6.45) is 8.24. The van der Waals surface area contributed by atoms with Crippen LogP contribution in [-0.2, 0) is 0 Å². The molecule has 1 aromatic carbocycles. The fraction of sp³-hybridized carbons (Fsp3) is 0.667. The van der Waals surface area contributed by atoms with Crippen molar-refractivity contribution in [2.24, 2.45) is 5.92 Å². The molecule has 3 atom stereocenters. The quantitative estimate of drug-likeness (QED) is 0.868. The van der Waals surface area contributed by atoms with Crippen molar-refractivity contribution in [1.29, 1.82) is 0 Å². The van der Waals surface area contributed by atoms with E-state index < -0.39 is 0 Å². The van der Waals surface area contributed by atoms with E-state index in [4.69, 9.17) is 0 Å². The Balaban J connectivity index is 1.70. The van der Waals surface area contributed by atoms with E-state index in [0.29, 0.717) is 6.04 Å². The van der Waals surface area contributed by atoms with Crippen LogP contribution in [0.2, 0.25) is 0 Å². The number of nitrogens with one attached hydrogen (secondary N) is 2. The van der Waals surface area contributed by atoms with Crippen molar-refractivity contribution in [2.75, 3.05) is 11.9 Å². The highest BCUT2D eigenvalue weighted by molar-refractivity contribution is 5.53. The highest BCUT2D eigenvalue weighted by atomic mass is 15.0. The Bertz CT molecular complexity index is 449. The molecule has 0 spiro atoms. The molecular formula is C18H28N2. The van der Waals surface area contributed by atoms with Crippen LogP contribution in [0.25, 0.3) is 0 Å². The van der Waals surface area contributed by atoms with Crippen LogP contribution >= 0.6 is 0 Å². The monoisotopic (exact) mass is 272 g/mol. The van der Waals surface area contributed by atoms with Gasteiger partial charge in [-0.05, 0) is 69.2 Å². The van der Waals surface area contributed by atoms with E-state index in [0.717, 1.165) is 12.0 Å². The van der Waals surface area contributed by atoms with Crippen LogP contribution in [0.3, 0.4) is 0 Å². The van der Waals surface area contributed by atoms with Gasteiger partial charge >= 0.3 is 0 Å². The van der Waals surface area contributed by atoms with E-state index >= 15 is 0 Å². The molecule has 2 heteroatoms. The molecule has 1 aliphatic heterocycles. The van der Waals surface area contributed by atoms with Gasteiger partial charge in [-0.3, -0.25) is 0 Å². The fourth-order valence-electron chi connectivity index (χ4n) is 3.98. The molecule has 20 heavy (non-hydrogen) atoms. The molecule has 2 aliphatic rings. The van der Waals surface area contributed by atoms with Crippen LogP contribution in [0.5, 0.6) is 0 Å². The van der Waals surface area contributed by atoms with E-state index in [-0.39, 0.29) is 0 Å². The molecule has 1 aromatic rings. The number of piperidine rings is 1. The van der Waals surface area contributed by atoms with Gasteiger partial charge < -0.3 is 10.6 Å². The third-order valence-corrected chi connectivity index (χ3v) is 5.17. The average molecular weight is 272 g/mol. The lowest BCUT2D eigenvalue weighted by Gasteiger charge is -2.33. The molecule has 2 nitrogen and oxygen atoms in total. The molecule has 1 saturated heterocycles. The Hall–Kier alpha value is -1.02. The first-order valence-corrected chi connectivity index (χ1v) is 8.31. The number of hydrogen-bond acceptors (Lipinski definition) is 2. The minimum atomic E-state index is 0.658. The average Bonchev–Trinajstić information content (AvgIpc) is 2.92. The molecule has 0 aromatic heterocycles. The van der Waals surface area contributed by atoms with Gasteiger partial charge in [-0.2, -0.15) is 0 Å². The minimum absolute atomic E-state index is 0.658. The predicted molar refractivity (Wildman–Crippen MR) is 86.3 cm³/mol. The van der Waals surface area contributed by atoms with E-state index in [1.165, 1.54) is 61.9 Å². The minimum Gasteiger partial charge on any atom is -0.382 e. The first kappa shape index (κ1) is 13.9. The van der Waals surface area contributed by atoms with Crippen molar-refractivity contribution in [3.05, 3.63) is 29.3 Å². The number of anilines is 1. The van der Waals surface area contributed by atoms with Gasteiger partial charge in [-0.15, -0.1) is 0 Å². The standard InChI is InChI=1S/C18H28N2/c1-13-9-10-14(2)18(12-13)20-17-8-5-6-15(17)16-7-3-4-11-19-16/h9-10,12,15-17,19-20H,3-8,11H2,1-2H3. The van der Waals surface area contributed by atoms with Crippen LogP contribution in [0.4, 0.5) is 5.69 Å². The highest BCUT2D eigenvalue weighted by Gasteiger charge is 2.34. The summed E-state index contributed by atoms with van der Waals surface area (Å²) in [4.78, 5) is 0. The number of rotatable bonds is 3. The molecule has 2 fully saturated rings.